The second-order valence-corrected chi connectivity index (χ2v) is 9.71. The zero-order chi connectivity index (χ0) is 24.0. The largest absolute Gasteiger partial charge is 0.371 e. The van der Waals surface area contributed by atoms with Crippen LogP contribution in [0, 0.1) is 10.1 Å². The van der Waals surface area contributed by atoms with Gasteiger partial charge >= 0.3 is 0 Å². The summed E-state index contributed by atoms with van der Waals surface area (Å²) in [5, 5.41) is 15.2. The van der Waals surface area contributed by atoms with Gasteiger partial charge in [-0.1, -0.05) is 23.9 Å². The van der Waals surface area contributed by atoms with Crippen LogP contribution >= 0.6 is 11.8 Å². The summed E-state index contributed by atoms with van der Waals surface area (Å²) in [6.07, 6.45) is 1.12. The van der Waals surface area contributed by atoms with E-state index in [4.69, 9.17) is 0 Å². The molecule has 34 heavy (non-hydrogen) atoms. The van der Waals surface area contributed by atoms with Gasteiger partial charge in [0, 0.05) is 42.5 Å². The topological polar surface area (TPSA) is 125 Å². The highest BCUT2D eigenvalue weighted by Crippen LogP contribution is 2.33. The molecule has 0 spiro atoms. The van der Waals surface area contributed by atoms with Gasteiger partial charge in [0.05, 0.1) is 27.0 Å². The Balaban J connectivity index is 1.37. The fourth-order valence-corrected chi connectivity index (χ4v) is 5.41. The highest BCUT2D eigenvalue weighted by atomic mass is 32.2. The highest BCUT2D eigenvalue weighted by molar-refractivity contribution is 8.14. The molecular formula is C23H21N5O5S. The minimum absolute atomic E-state index is 0.0632. The van der Waals surface area contributed by atoms with Crippen molar-refractivity contribution in [3.05, 3.63) is 69.3 Å². The SMILES string of the molecule is CC1SC(=O)NN=C1c1cc(N2CCC(N3C(=O)c4ccccc4C3=O)CC2)cc([N+](=O)[O-])c1. The van der Waals surface area contributed by atoms with Gasteiger partial charge < -0.3 is 4.90 Å². The van der Waals surface area contributed by atoms with Crippen molar-refractivity contribution >= 4 is 45.9 Å². The number of nitro benzene ring substituents is 1. The zero-order valence-electron chi connectivity index (χ0n) is 18.3. The van der Waals surface area contributed by atoms with Crippen LogP contribution in [-0.2, 0) is 0 Å². The van der Waals surface area contributed by atoms with Crippen LogP contribution in [0.25, 0.3) is 0 Å². The molecule has 10 nitrogen and oxygen atoms in total. The van der Waals surface area contributed by atoms with Crippen LogP contribution < -0.4 is 10.3 Å². The van der Waals surface area contributed by atoms with Crippen molar-refractivity contribution < 1.29 is 19.3 Å². The Morgan fingerprint density at radius 2 is 1.71 bits per heavy atom. The van der Waals surface area contributed by atoms with E-state index in [1.54, 1.807) is 24.3 Å². The molecule has 3 amide bonds. The monoisotopic (exact) mass is 479 g/mol. The number of nitrogens with zero attached hydrogens (tertiary/aromatic N) is 4. The number of non-ortho nitro benzene ring substituents is 1. The van der Waals surface area contributed by atoms with E-state index in [1.165, 1.54) is 17.0 Å². The number of imide groups is 1. The van der Waals surface area contributed by atoms with E-state index in [2.05, 4.69) is 10.5 Å². The normalized spacial score (nSPS) is 20.8. The fourth-order valence-electron chi connectivity index (χ4n) is 4.69. The molecule has 0 radical (unpaired) electrons. The lowest BCUT2D eigenvalue weighted by atomic mass is 10.0. The molecule has 174 valence electrons. The molecule has 0 aliphatic carbocycles. The lowest BCUT2D eigenvalue weighted by Gasteiger charge is -2.37. The standard InChI is InChI=1S/C23H21N5O5S/c1-13-20(24-25-23(31)34-13)14-10-16(12-17(11-14)28(32)33)26-8-6-15(7-9-26)27-21(29)18-4-2-3-5-19(18)22(27)30/h2-5,10-13,15H,6-9H2,1H3,(H,25,31). The van der Waals surface area contributed by atoms with Gasteiger partial charge in [-0.3, -0.25) is 29.4 Å². The van der Waals surface area contributed by atoms with Crippen molar-refractivity contribution in [2.24, 2.45) is 5.10 Å². The summed E-state index contributed by atoms with van der Waals surface area (Å²) in [5.74, 6) is -0.527. The molecule has 0 saturated carbocycles. The van der Waals surface area contributed by atoms with Crippen LogP contribution in [0.5, 0.6) is 0 Å². The third kappa shape index (κ3) is 3.81. The van der Waals surface area contributed by atoms with Gasteiger partial charge in [-0.25, -0.2) is 5.43 Å². The third-order valence-corrected chi connectivity index (χ3v) is 7.25. The minimum atomic E-state index is -0.446. The molecule has 1 saturated heterocycles. The summed E-state index contributed by atoms with van der Waals surface area (Å²) in [7, 11) is 0. The number of rotatable bonds is 4. The number of nitro groups is 1. The number of fused-ring (bicyclic) bond motifs is 1. The number of carbonyl (C=O) groups is 3. The van der Waals surface area contributed by atoms with E-state index in [0.717, 1.165) is 11.8 Å². The highest BCUT2D eigenvalue weighted by Gasteiger charge is 2.40. The first kappa shape index (κ1) is 22.1. The summed E-state index contributed by atoms with van der Waals surface area (Å²) < 4.78 is 0. The molecule has 1 fully saturated rings. The van der Waals surface area contributed by atoms with Gasteiger partial charge in [0.25, 0.3) is 22.7 Å². The average molecular weight is 480 g/mol. The van der Waals surface area contributed by atoms with E-state index in [0.29, 0.717) is 54.0 Å². The van der Waals surface area contributed by atoms with Crippen molar-refractivity contribution in [3.8, 4) is 0 Å². The summed E-state index contributed by atoms with van der Waals surface area (Å²) in [5.41, 5.74) is 5.04. The molecular weight excluding hydrogens is 458 g/mol. The van der Waals surface area contributed by atoms with Gasteiger partial charge in [0.1, 0.15) is 0 Å². The minimum Gasteiger partial charge on any atom is -0.371 e. The first-order valence-corrected chi connectivity index (χ1v) is 11.8. The smallest absolute Gasteiger partial charge is 0.299 e. The van der Waals surface area contributed by atoms with Gasteiger partial charge in [0.15, 0.2) is 0 Å². The number of benzene rings is 2. The van der Waals surface area contributed by atoms with E-state index in [-0.39, 0.29) is 34.0 Å². The summed E-state index contributed by atoms with van der Waals surface area (Å²) in [6.45, 7) is 2.90. The zero-order valence-corrected chi connectivity index (χ0v) is 19.1. The Morgan fingerprint density at radius 3 is 2.29 bits per heavy atom. The fraction of sp³-hybridized carbons (Fsp3) is 0.304. The number of carbonyl (C=O) groups excluding carboxylic acids is 3. The molecule has 0 bridgehead atoms. The molecule has 1 N–H and O–H groups in total. The van der Waals surface area contributed by atoms with Gasteiger partial charge in [-0.2, -0.15) is 5.10 Å². The molecule has 3 heterocycles. The van der Waals surface area contributed by atoms with Crippen LogP contribution in [-0.4, -0.2) is 57.0 Å². The predicted octanol–water partition coefficient (Wildman–Crippen LogP) is 3.41. The van der Waals surface area contributed by atoms with E-state index < -0.39 is 4.92 Å². The molecule has 11 heteroatoms. The Hall–Kier alpha value is -3.73. The van der Waals surface area contributed by atoms with Gasteiger partial charge in [0.2, 0.25) is 0 Å². The van der Waals surface area contributed by atoms with Crippen LogP contribution in [0.3, 0.4) is 0 Å². The number of amides is 3. The van der Waals surface area contributed by atoms with Crippen molar-refractivity contribution in [2.45, 2.75) is 31.1 Å². The summed E-state index contributed by atoms with van der Waals surface area (Å²) >= 11 is 1.08. The summed E-state index contributed by atoms with van der Waals surface area (Å²) in [4.78, 5) is 51.8. The van der Waals surface area contributed by atoms with E-state index >= 15 is 0 Å². The Labute approximate surface area is 199 Å². The molecule has 0 aromatic heterocycles. The lowest BCUT2D eigenvalue weighted by Crippen LogP contribution is -2.47. The number of anilines is 1. The number of nitrogens with one attached hydrogen (secondary N) is 1. The van der Waals surface area contributed by atoms with Crippen molar-refractivity contribution in [2.75, 3.05) is 18.0 Å². The van der Waals surface area contributed by atoms with Crippen LogP contribution in [0.1, 0.15) is 46.0 Å². The first-order chi connectivity index (χ1) is 16.3. The quantitative estimate of drug-likeness (QED) is 0.405. The molecule has 3 aliphatic heterocycles. The first-order valence-electron chi connectivity index (χ1n) is 10.9. The van der Waals surface area contributed by atoms with Gasteiger partial charge in [-0.15, -0.1) is 0 Å². The molecule has 3 aliphatic rings. The maximum atomic E-state index is 12.8. The molecule has 2 aromatic rings. The van der Waals surface area contributed by atoms with Crippen LogP contribution in [0.4, 0.5) is 16.2 Å². The Bertz CT molecular complexity index is 1220. The Morgan fingerprint density at radius 1 is 1.06 bits per heavy atom. The number of hydrogen-bond acceptors (Lipinski definition) is 8. The van der Waals surface area contributed by atoms with Crippen molar-refractivity contribution in [1.29, 1.82) is 0 Å². The van der Waals surface area contributed by atoms with E-state index in [1.807, 2.05) is 17.9 Å². The number of thioether (sulfide) groups is 1. The van der Waals surface area contributed by atoms with Gasteiger partial charge in [-0.05, 0) is 38.0 Å². The average Bonchev–Trinajstić information content (AvgIpc) is 3.09. The Kier molecular flexibility index (Phi) is 5.56. The van der Waals surface area contributed by atoms with Crippen LogP contribution in [0.15, 0.2) is 47.6 Å². The van der Waals surface area contributed by atoms with Crippen molar-refractivity contribution in [3.63, 3.8) is 0 Å². The second-order valence-electron chi connectivity index (χ2n) is 8.40. The molecule has 1 unspecified atom stereocenters. The third-order valence-electron chi connectivity index (χ3n) is 6.37. The van der Waals surface area contributed by atoms with Crippen molar-refractivity contribution in [1.82, 2.24) is 10.3 Å². The molecule has 5 rings (SSSR count). The maximum absolute atomic E-state index is 12.8. The second kappa shape index (κ2) is 8.56. The summed E-state index contributed by atoms with van der Waals surface area (Å²) in [6, 6.07) is 11.4. The van der Waals surface area contributed by atoms with E-state index in [9.17, 15) is 24.5 Å². The van der Waals surface area contributed by atoms with Crippen LogP contribution in [0.2, 0.25) is 0 Å². The maximum Gasteiger partial charge on any atom is 0.299 e. The number of hydrazone groups is 1. The predicted molar refractivity (Wildman–Crippen MR) is 127 cm³/mol. The molecule has 1 atom stereocenters. The molecule has 2 aromatic carbocycles. The lowest BCUT2D eigenvalue weighted by molar-refractivity contribution is -0.384. The number of hydrogen-bond donors (Lipinski definition) is 1. The number of piperidine rings is 1.